The van der Waals surface area contributed by atoms with Crippen LogP contribution in [-0.4, -0.2) is 71.2 Å². The van der Waals surface area contributed by atoms with Gasteiger partial charge in [0.15, 0.2) is 0 Å². The average molecular weight is 281 g/mol. The molecule has 2 aliphatic heterocycles. The Kier molecular flexibility index (Phi) is 4.30. The van der Waals surface area contributed by atoms with E-state index in [2.05, 4.69) is 0 Å². The predicted molar refractivity (Wildman–Crippen MR) is 73.8 cm³/mol. The summed E-state index contributed by atoms with van der Waals surface area (Å²) in [4.78, 5) is 41.3. The van der Waals surface area contributed by atoms with E-state index in [9.17, 15) is 14.4 Å². The van der Waals surface area contributed by atoms with E-state index >= 15 is 0 Å². The monoisotopic (exact) mass is 281 g/mol. The van der Waals surface area contributed by atoms with E-state index in [0.29, 0.717) is 32.1 Å². The van der Waals surface area contributed by atoms with Crippen LogP contribution in [0.15, 0.2) is 0 Å². The molecular weight excluding hydrogens is 258 g/mol. The van der Waals surface area contributed by atoms with Crippen molar-refractivity contribution in [2.75, 3.05) is 32.7 Å². The Morgan fingerprint density at radius 2 is 2.00 bits per heavy atom. The Bertz CT molecular complexity index is 422. The van der Waals surface area contributed by atoms with Gasteiger partial charge in [0.2, 0.25) is 17.7 Å². The van der Waals surface area contributed by atoms with Crippen molar-refractivity contribution >= 4 is 17.7 Å². The van der Waals surface area contributed by atoms with Crippen LogP contribution >= 0.6 is 0 Å². The van der Waals surface area contributed by atoms with Crippen LogP contribution < -0.4 is 0 Å². The van der Waals surface area contributed by atoms with E-state index in [0.717, 1.165) is 6.42 Å². The molecule has 112 valence electrons. The second kappa shape index (κ2) is 5.81. The summed E-state index contributed by atoms with van der Waals surface area (Å²) in [5.74, 6) is 0.271. The molecule has 0 N–H and O–H groups in total. The fourth-order valence-electron chi connectivity index (χ4n) is 2.92. The van der Waals surface area contributed by atoms with Crippen LogP contribution in [0.25, 0.3) is 0 Å². The third-order valence-corrected chi connectivity index (χ3v) is 3.87. The van der Waals surface area contributed by atoms with Crippen molar-refractivity contribution < 1.29 is 14.4 Å². The number of piperazine rings is 1. The summed E-state index contributed by atoms with van der Waals surface area (Å²) in [6, 6.07) is -0.499. The second-order valence-electron chi connectivity index (χ2n) is 6.03. The van der Waals surface area contributed by atoms with Crippen LogP contribution in [0, 0.1) is 5.92 Å². The van der Waals surface area contributed by atoms with Gasteiger partial charge < -0.3 is 14.7 Å². The number of fused-ring (bicyclic) bond motifs is 1. The number of hydrogen-bond donors (Lipinski definition) is 0. The molecule has 3 amide bonds. The van der Waals surface area contributed by atoms with Gasteiger partial charge >= 0.3 is 0 Å². The number of carbonyl (C=O) groups excluding carboxylic acids is 3. The normalized spacial score (nSPS) is 24.0. The number of nitrogens with zero attached hydrogens (tertiary/aromatic N) is 3. The molecule has 0 aromatic rings. The number of carbonyl (C=O) groups is 3. The maximum absolute atomic E-state index is 12.6. The molecule has 2 saturated heterocycles. The first-order valence-corrected chi connectivity index (χ1v) is 7.24. The maximum Gasteiger partial charge on any atom is 0.247 e. The van der Waals surface area contributed by atoms with Gasteiger partial charge in [0.05, 0.1) is 13.1 Å². The summed E-state index contributed by atoms with van der Waals surface area (Å²) in [6.45, 7) is 7.84. The highest BCUT2D eigenvalue weighted by Crippen LogP contribution is 2.19. The molecule has 0 spiro atoms. The summed E-state index contributed by atoms with van der Waals surface area (Å²) < 4.78 is 0. The van der Waals surface area contributed by atoms with E-state index in [1.807, 2.05) is 13.8 Å². The van der Waals surface area contributed by atoms with Crippen molar-refractivity contribution in [3.05, 3.63) is 0 Å². The SMILES string of the molecule is CC(=O)N1CCCN2C(=O)CN(CC(C)C)C(=O)C2C1. The largest absolute Gasteiger partial charge is 0.340 e. The van der Waals surface area contributed by atoms with Gasteiger partial charge in [-0.2, -0.15) is 0 Å². The summed E-state index contributed by atoms with van der Waals surface area (Å²) in [5, 5.41) is 0. The van der Waals surface area contributed by atoms with Crippen LogP contribution in [0.1, 0.15) is 27.2 Å². The molecule has 6 nitrogen and oxygen atoms in total. The standard InChI is InChI=1S/C14H23N3O3/c1-10(2)7-16-9-13(19)17-6-4-5-15(11(3)18)8-12(17)14(16)20/h10,12H,4-9H2,1-3H3. The first-order valence-electron chi connectivity index (χ1n) is 7.24. The van der Waals surface area contributed by atoms with E-state index in [1.54, 1.807) is 14.7 Å². The van der Waals surface area contributed by atoms with Gasteiger partial charge in [0.25, 0.3) is 0 Å². The maximum atomic E-state index is 12.6. The van der Waals surface area contributed by atoms with E-state index in [4.69, 9.17) is 0 Å². The minimum absolute atomic E-state index is 0.000604. The van der Waals surface area contributed by atoms with Gasteiger partial charge in [0, 0.05) is 26.6 Å². The van der Waals surface area contributed by atoms with E-state index in [1.165, 1.54) is 6.92 Å². The molecule has 2 heterocycles. The van der Waals surface area contributed by atoms with E-state index in [-0.39, 0.29) is 24.3 Å². The lowest BCUT2D eigenvalue weighted by Gasteiger charge is -2.40. The minimum Gasteiger partial charge on any atom is -0.340 e. The first-order chi connectivity index (χ1) is 9.40. The number of hydrogen-bond acceptors (Lipinski definition) is 3. The quantitative estimate of drug-likeness (QED) is 0.712. The second-order valence-corrected chi connectivity index (χ2v) is 6.03. The molecule has 0 aliphatic carbocycles. The molecule has 0 aromatic heterocycles. The highest BCUT2D eigenvalue weighted by molar-refractivity contribution is 5.95. The van der Waals surface area contributed by atoms with Crippen molar-refractivity contribution in [1.82, 2.24) is 14.7 Å². The lowest BCUT2D eigenvalue weighted by atomic mass is 10.1. The molecule has 2 fully saturated rings. The van der Waals surface area contributed by atoms with Crippen LogP contribution in [0.4, 0.5) is 0 Å². The Labute approximate surface area is 119 Å². The smallest absolute Gasteiger partial charge is 0.247 e. The average Bonchev–Trinajstić information content (AvgIpc) is 2.58. The van der Waals surface area contributed by atoms with Crippen LogP contribution in [0.3, 0.4) is 0 Å². The number of amides is 3. The third kappa shape index (κ3) is 2.94. The Balaban J connectivity index is 2.18. The van der Waals surface area contributed by atoms with Crippen LogP contribution in [0.2, 0.25) is 0 Å². The zero-order valence-electron chi connectivity index (χ0n) is 12.5. The summed E-state index contributed by atoms with van der Waals surface area (Å²) in [7, 11) is 0. The lowest BCUT2D eigenvalue weighted by Crippen LogP contribution is -2.62. The van der Waals surface area contributed by atoms with Crippen molar-refractivity contribution in [2.45, 2.75) is 33.2 Å². The minimum atomic E-state index is -0.499. The van der Waals surface area contributed by atoms with Crippen molar-refractivity contribution in [1.29, 1.82) is 0 Å². The molecule has 0 bridgehead atoms. The molecule has 0 radical (unpaired) electrons. The Hall–Kier alpha value is -1.59. The summed E-state index contributed by atoms with van der Waals surface area (Å²) >= 11 is 0. The summed E-state index contributed by atoms with van der Waals surface area (Å²) in [6.07, 6.45) is 0.735. The summed E-state index contributed by atoms with van der Waals surface area (Å²) in [5.41, 5.74) is 0. The van der Waals surface area contributed by atoms with Crippen molar-refractivity contribution in [3.63, 3.8) is 0 Å². The highest BCUT2D eigenvalue weighted by Gasteiger charge is 2.41. The van der Waals surface area contributed by atoms with Gasteiger partial charge in [-0.05, 0) is 12.3 Å². The molecule has 1 unspecified atom stereocenters. The first kappa shape index (κ1) is 14.8. The van der Waals surface area contributed by atoms with Gasteiger partial charge in [-0.3, -0.25) is 14.4 Å². The van der Waals surface area contributed by atoms with Gasteiger partial charge in [-0.15, -0.1) is 0 Å². The molecule has 2 aliphatic rings. The van der Waals surface area contributed by atoms with Gasteiger partial charge in [-0.1, -0.05) is 13.8 Å². The predicted octanol–water partition coefficient (Wildman–Crippen LogP) is -0.0660. The fourth-order valence-corrected chi connectivity index (χ4v) is 2.92. The van der Waals surface area contributed by atoms with Gasteiger partial charge in [0.1, 0.15) is 6.04 Å². The molecule has 6 heteroatoms. The molecule has 20 heavy (non-hydrogen) atoms. The van der Waals surface area contributed by atoms with Crippen LogP contribution in [-0.2, 0) is 14.4 Å². The Morgan fingerprint density at radius 3 is 2.60 bits per heavy atom. The number of rotatable bonds is 2. The molecule has 0 saturated carbocycles. The zero-order valence-corrected chi connectivity index (χ0v) is 12.5. The van der Waals surface area contributed by atoms with Gasteiger partial charge in [-0.25, -0.2) is 0 Å². The van der Waals surface area contributed by atoms with Crippen LogP contribution in [0.5, 0.6) is 0 Å². The Morgan fingerprint density at radius 1 is 1.30 bits per heavy atom. The third-order valence-electron chi connectivity index (χ3n) is 3.87. The topological polar surface area (TPSA) is 60.9 Å². The van der Waals surface area contributed by atoms with Crippen molar-refractivity contribution in [2.24, 2.45) is 5.92 Å². The van der Waals surface area contributed by atoms with E-state index < -0.39 is 6.04 Å². The fraction of sp³-hybridized carbons (Fsp3) is 0.786. The molecule has 2 rings (SSSR count). The molecular formula is C14H23N3O3. The molecule has 0 aromatic carbocycles. The lowest BCUT2D eigenvalue weighted by molar-refractivity contribution is -0.156. The highest BCUT2D eigenvalue weighted by atomic mass is 16.2. The zero-order chi connectivity index (χ0) is 14.9. The van der Waals surface area contributed by atoms with Crippen molar-refractivity contribution in [3.8, 4) is 0 Å². The molecule has 1 atom stereocenters.